The molecule has 3 rings (SSSR count). The fourth-order valence-corrected chi connectivity index (χ4v) is 3.54. The maximum atomic E-state index is 10.5. The van der Waals surface area contributed by atoms with Crippen molar-refractivity contribution in [2.45, 2.75) is 31.3 Å². The molecule has 0 saturated heterocycles. The molecule has 0 spiro atoms. The molecule has 86 valence electrons. The minimum Gasteiger partial charge on any atom is -0.393 e. The topological polar surface area (TPSA) is 40.5 Å². The van der Waals surface area contributed by atoms with E-state index in [1.807, 2.05) is 6.08 Å². The minimum atomic E-state index is -0.936. The molecule has 0 aromatic carbocycles. The first-order chi connectivity index (χ1) is 7.74. The number of aliphatic hydroxyl groups excluding tert-OH is 1. The van der Waals surface area contributed by atoms with Crippen molar-refractivity contribution in [2.24, 2.45) is 11.8 Å². The highest BCUT2D eigenvalue weighted by Gasteiger charge is 2.45. The smallest absolute Gasteiger partial charge is 0.109 e. The Hall–Kier alpha value is -0.860. The van der Waals surface area contributed by atoms with Crippen LogP contribution in [0, 0.1) is 11.8 Å². The standard InChI is InChI=1S/C14H18O2/c15-9-14(16)8-7-11-6-5-10-3-1-2-4-12(10)13(11)14/h1-4,10-11,15-16H,5-9H2/t10?,11?,14-/m0/s1. The van der Waals surface area contributed by atoms with Gasteiger partial charge in [0.15, 0.2) is 0 Å². The Balaban J connectivity index is 2.10. The van der Waals surface area contributed by atoms with E-state index in [2.05, 4.69) is 18.2 Å². The summed E-state index contributed by atoms with van der Waals surface area (Å²) in [5.41, 5.74) is 1.47. The number of allylic oxidation sites excluding steroid dienone is 5. The molecular formula is C14H18O2. The molecule has 16 heavy (non-hydrogen) atoms. The Kier molecular flexibility index (Phi) is 2.30. The zero-order valence-corrected chi connectivity index (χ0v) is 9.39. The highest BCUT2D eigenvalue weighted by atomic mass is 16.3. The van der Waals surface area contributed by atoms with Gasteiger partial charge in [-0.3, -0.25) is 0 Å². The highest BCUT2D eigenvalue weighted by molar-refractivity contribution is 5.44. The lowest BCUT2D eigenvalue weighted by Crippen LogP contribution is -2.35. The van der Waals surface area contributed by atoms with Gasteiger partial charge in [-0.2, -0.15) is 0 Å². The lowest BCUT2D eigenvalue weighted by Gasteiger charge is -2.34. The van der Waals surface area contributed by atoms with Crippen LogP contribution >= 0.6 is 0 Å². The third-order valence-electron chi connectivity index (χ3n) is 4.34. The van der Waals surface area contributed by atoms with Gasteiger partial charge in [0.2, 0.25) is 0 Å². The molecule has 0 radical (unpaired) electrons. The van der Waals surface area contributed by atoms with Gasteiger partial charge < -0.3 is 10.2 Å². The first kappa shape index (κ1) is 10.3. The van der Waals surface area contributed by atoms with Crippen molar-refractivity contribution in [1.29, 1.82) is 0 Å². The maximum Gasteiger partial charge on any atom is 0.109 e. The molecular weight excluding hydrogens is 200 g/mol. The van der Waals surface area contributed by atoms with Crippen LogP contribution in [0.25, 0.3) is 0 Å². The van der Waals surface area contributed by atoms with Gasteiger partial charge in [-0.1, -0.05) is 24.3 Å². The van der Waals surface area contributed by atoms with Crippen LogP contribution in [0.1, 0.15) is 25.7 Å². The van der Waals surface area contributed by atoms with Crippen LogP contribution in [-0.4, -0.2) is 22.4 Å². The van der Waals surface area contributed by atoms with Crippen molar-refractivity contribution in [1.82, 2.24) is 0 Å². The number of hydrogen-bond donors (Lipinski definition) is 2. The molecule has 1 fully saturated rings. The second-order valence-electron chi connectivity index (χ2n) is 5.22. The number of hydrogen-bond acceptors (Lipinski definition) is 2. The van der Waals surface area contributed by atoms with E-state index < -0.39 is 5.60 Å². The minimum absolute atomic E-state index is 0.132. The first-order valence-corrected chi connectivity index (χ1v) is 6.17. The van der Waals surface area contributed by atoms with Crippen LogP contribution in [-0.2, 0) is 0 Å². The molecule has 2 unspecified atom stereocenters. The Morgan fingerprint density at radius 1 is 1.25 bits per heavy atom. The Morgan fingerprint density at radius 3 is 2.94 bits per heavy atom. The summed E-state index contributed by atoms with van der Waals surface area (Å²) in [6.07, 6.45) is 12.6. The van der Waals surface area contributed by atoms with E-state index in [1.54, 1.807) is 0 Å². The molecule has 0 bridgehead atoms. The lowest BCUT2D eigenvalue weighted by molar-refractivity contribution is 0.0204. The van der Waals surface area contributed by atoms with E-state index >= 15 is 0 Å². The van der Waals surface area contributed by atoms with Crippen molar-refractivity contribution in [3.05, 3.63) is 35.5 Å². The monoisotopic (exact) mass is 218 g/mol. The van der Waals surface area contributed by atoms with E-state index in [0.29, 0.717) is 11.8 Å². The van der Waals surface area contributed by atoms with Crippen molar-refractivity contribution in [3.63, 3.8) is 0 Å². The quantitative estimate of drug-likeness (QED) is 0.706. The van der Waals surface area contributed by atoms with Gasteiger partial charge in [-0.25, -0.2) is 0 Å². The average Bonchev–Trinajstić information content (AvgIpc) is 2.68. The van der Waals surface area contributed by atoms with Crippen LogP contribution < -0.4 is 0 Å². The van der Waals surface area contributed by atoms with Crippen molar-refractivity contribution in [3.8, 4) is 0 Å². The van der Waals surface area contributed by atoms with E-state index in [9.17, 15) is 10.2 Å². The van der Waals surface area contributed by atoms with Gasteiger partial charge in [0.1, 0.15) is 5.60 Å². The molecule has 0 heterocycles. The van der Waals surface area contributed by atoms with Crippen LogP contribution in [0.3, 0.4) is 0 Å². The second kappa shape index (κ2) is 3.57. The Morgan fingerprint density at radius 2 is 2.12 bits per heavy atom. The summed E-state index contributed by atoms with van der Waals surface area (Å²) in [4.78, 5) is 0. The van der Waals surface area contributed by atoms with Crippen molar-refractivity contribution in [2.75, 3.05) is 6.61 Å². The van der Waals surface area contributed by atoms with Crippen LogP contribution in [0.4, 0.5) is 0 Å². The van der Waals surface area contributed by atoms with Gasteiger partial charge in [0.25, 0.3) is 0 Å². The molecule has 1 saturated carbocycles. The molecule has 3 aliphatic rings. The molecule has 2 heteroatoms. The summed E-state index contributed by atoms with van der Waals surface area (Å²) in [5.74, 6) is 0.965. The SMILES string of the molecule is OC[C@@]1(O)CCC2CCC3C=CC=CC3=C21. The van der Waals surface area contributed by atoms with Gasteiger partial charge in [-0.15, -0.1) is 0 Å². The van der Waals surface area contributed by atoms with E-state index in [0.717, 1.165) is 24.8 Å². The largest absolute Gasteiger partial charge is 0.393 e. The van der Waals surface area contributed by atoms with Crippen LogP contribution in [0.5, 0.6) is 0 Å². The molecule has 0 aromatic rings. The maximum absolute atomic E-state index is 10.5. The first-order valence-electron chi connectivity index (χ1n) is 6.17. The fourth-order valence-electron chi connectivity index (χ4n) is 3.54. The molecule has 2 N–H and O–H groups in total. The van der Waals surface area contributed by atoms with Gasteiger partial charge in [0, 0.05) is 5.92 Å². The number of fused-ring (bicyclic) bond motifs is 2. The number of rotatable bonds is 1. The van der Waals surface area contributed by atoms with Gasteiger partial charge in [0.05, 0.1) is 6.61 Å². The normalized spacial score (nSPS) is 41.1. The zero-order valence-electron chi connectivity index (χ0n) is 9.39. The van der Waals surface area contributed by atoms with Gasteiger partial charge >= 0.3 is 0 Å². The van der Waals surface area contributed by atoms with E-state index in [1.165, 1.54) is 12.0 Å². The van der Waals surface area contributed by atoms with E-state index in [-0.39, 0.29) is 6.61 Å². The molecule has 3 atom stereocenters. The summed E-state index contributed by atoms with van der Waals surface area (Å²) in [5, 5.41) is 19.9. The summed E-state index contributed by atoms with van der Waals surface area (Å²) >= 11 is 0. The third-order valence-corrected chi connectivity index (χ3v) is 4.34. The molecule has 0 aliphatic heterocycles. The van der Waals surface area contributed by atoms with Crippen molar-refractivity contribution >= 4 is 0 Å². The average molecular weight is 218 g/mol. The Labute approximate surface area is 96.0 Å². The predicted octanol–water partition coefficient (Wildman–Crippen LogP) is 1.95. The fraction of sp³-hybridized carbons (Fsp3) is 0.571. The van der Waals surface area contributed by atoms with Crippen LogP contribution in [0.15, 0.2) is 35.5 Å². The Bertz CT molecular complexity index is 392. The summed E-state index contributed by atoms with van der Waals surface area (Å²) in [6.45, 7) is -0.132. The summed E-state index contributed by atoms with van der Waals surface area (Å²) < 4.78 is 0. The zero-order chi connectivity index (χ0) is 11.2. The third kappa shape index (κ3) is 1.33. The summed E-state index contributed by atoms with van der Waals surface area (Å²) in [6, 6.07) is 0. The summed E-state index contributed by atoms with van der Waals surface area (Å²) in [7, 11) is 0. The highest BCUT2D eigenvalue weighted by Crippen LogP contribution is 2.50. The predicted molar refractivity (Wildman–Crippen MR) is 62.8 cm³/mol. The van der Waals surface area contributed by atoms with Gasteiger partial charge in [-0.05, 0) is 42.7 Å². The van der Waals surface area contributed by atoms with Crippen LogP contribution in [0.2, 0.25) is 0 Å². The molecule has 0 aromatic heterocycles. The number of aliphatic hydroxyl groups is 2. The molecule has 0 amide bonds. The second-order valence-corrected chi connectivity index (χ2v) is 5.22. The molecule has 2 nitrogen and oxygen atoms in total. The van der Waals surface area contributed by atoms with E-state index in [4.69, 9.17) is 0 Å². The van der Waals surface area contributed by atoms with Crippen molar-refractivity contribution < 1.29 is 10.2 Å². The lowest BCUT2D eigenvalue weighted by atomic mass is 9.73. The molecule has 3 aliphatic carbocycles.